The molecule has 116 valence electrons. The molecule has 2 aliphatic rings. The smallest absolute Gasteiger partial charge is 0.329 e. The highest BCUT2D eigenvalue weighted by molar-refractivity contribution is 8.00. The molecule has 23 heavy (non-hydrogen) atoms. The van der Waals surface area contributed by atoms with Crippen LogP contribution in [0.5, 0.6) is 5.75 Å². The molecule has 0 N–H and O–H groups in total. The molecule has 0 aliphatic carbocycles. The lowest BCUT2D eigenvalue weighted by atomic mass is 9.85. The molecule has 2 heterocycles. The molecule has 2 aromatic rings. The molecule has 0 saturated carbocycles. The maximum absolute atomic E-state index is 11.5. The van der Waals surface area contributed by atoms with Crippen molar-refractivity contribution < 1.29 is 9.22 Å². The average Bonchev–Trinajstić information content (AvgIpc) is 2.98. The van der Waals surface area contributed by atoms with Crippen LogP contribution in [0.15, 0.2) is 59.5 Å². The fourth-order valence-electron chi connectivity index (χ4n) is 3.45. The van der Waals surface area contributed by atoms with Crippen molar-refractivity contribution in [2.24, 2.45) is 0 Å². The van der Waals surface area contributed by atoms with Crippen molar-refractivity contribution in [3.05, 3.63) is 60.2 Å². The first-order valence-corrected chi connectivity index (χ1v) is 8.72. The van der Waals surface area contributed by atoms with Crippen LogP contribution in [-0.4, -0.2) is 34.9 Å². The molecular formula is C19H18NO2S+. The van der Waals surface area contributed by atoms with Gasteiger partial charge < -0.3 is 4.90 Å². The molecule has 2 aromatic carbocycles. The summed E-state index contributed by atoms with van der Waals surface area (Å²) < 4.78 is 6.13. The Morgan fingerprint density at radius 3 is 2.65 bits per heavy atom. The van der Waals surface area contributed by atoms with Gasteiger partial charge in [0.1, 0.15) is 12.0 Å². The normalized spacial score (nSPS) is 25.5. The van der Waals surface area contributed by atoms with Crippen LogP contribution in [-0.2, 0) is 9.22 Å². The Labute approximate surface area is 140 Å². The Kier molecular flexibility index (Phi) is 3.69. The van der Waals surface area contributed by atoms with Crippen LogP contribution in [0.1, 0.15) is 18.4 Å². The summed E-state index contributed by atoms with van der Waals surface area (Å²) in [6.45, 7) is 2.78. The molecule has 2 aliphatic heterocycles. The summed E-state index contributed by atoms with van der Waals surface area (Å²) in [6.07, 6.45) is 0.943. The van der Waals surface area contributed by atoms with Gasteiger partial charge in [0.25, 0.3) is 0 Å². The summed E-state index contributed by atoms with van der Waals surface area (Å²) in [5.74, 6) is 2.17. The van der Waals surface area contributed by atoms with E-state index >= 15 is 0 Å². The van der Waals surface area contributed by atoms with Crippen LogP contribution >= 0.6 is 11.8 Å². The van der Waals surface area contributed by atoms with E-state index in [9.17, 15) is 4.79 Å². The van der Waals surface area contributed by atoms with Crippen molar-refractivity contribution in [1.29, 1.82) is 0 Å². The fourth-order valence-corrected chi connectivity index (χ4v) is 4.78. The number of piperidine rings is 1. The Morgan fingerprint density at radius 2 is 1.87 bits per heavy atom. The second-order valence-corrected chi connectivity index (χ2v) is 7.28. The van der Waals surface area contributed by atoms with E-state index in [1.807, 2.05) is 41.8 Å². The van der Waals surface area contributed by atoms with Gasteiger partial charge in [0, 0.05) is 22.8 Å². The highest BCUT2D eigenvalue weighted by Gasteiger charge is 2.52. The molecule has 0 radical (unpaired) electrons. The Hall–Kier alpha value is -2.07. The predicted octanol–water partition coefficient (Wildman–Crippen LogP) is 3.62. The summed E-state index contributed by atoms with van der Waals surface area (Å²) in [4.78, 5) is 14.5. The van der Waals surface area contributed by atoms with Crippen molar-refractivity contribution in [1.82, 2.24) is 4.90 Å². The minimum Gasteiger partial charge on any atom is -0.329 e. The van der Waals surface area contributed by atoms with Crippen LogP contribution in [0, 0.1) is 0 Å². The van der Waals surface area contributed by atoms with Gasteiger partial charge in [-0.2, -0.15) is 0 Å². The lowest BCUT2D eigenvalue weighted by Gasteiger charge is -2.34. The first-order chi connectivity index (χ1) is 11.3. The summed E-state index contributed by atoms with van der Waals surface area (Å²) in [7, 11) is 0. The van der Waals surface area contributed by atoms with Gasteiger partial charge in [-0.25, -0.2) is 4.42 Å². The first-order valence-electron chi connectivity index (χ1n) is 7.84. The fraction of sp³-hybridized carbons (Fsp3) is 0.263. The number of likely N-dealkylation sites (tertiary alicyclic amines) is 1. The average molecular weight is 324 g/mol. The Morgan fingerprint density at radius 1 is 1.13 bits per heavy atom. The van der Waals surface area contributed by atoms with E-state index in [-0.39, 0.29) is 17.2 Å². The first kappa shape index (κ1) is 14.5. The number of carbonyl (C=O) groups excluding carboxylic acids is 2. The third-order valence-electron chi connectivity index (χ3n) is 4.63. The van der Waals surface area contributed by atoms with Crippen LogP contribution in [0.25, 0.3) is 0 Å². The second kappa shape index (κ2) is 5.85. The Bertz CT molecular complexity index is 759. The monoisotopic (exact) mass is 324 g/mol. The van der Waals surface area contributed by atoms with Gasteiger partial charge in [0.15, 0.2) is 0 Å². The van der Waals surface area contributed by atoms with Crippen molar-refractivity contribution in [3.8, 4) is 5.75 Å². The van der Waals surface area contributed by atoms with E-state index in [0.29, 0.717) is 0 Å². The SMILES string of the molecule is CC1C2=[O+]c3ccccc3C2C(Sc2ccccc2)CN1C=O. The van der Waals surface area contributed by atoms with E-state index < -0.39 is 0 Å². The van der Waals surface area contributed by atoms with E-state index in [0.717, 1.165) is 24.5 Å². The number of thioether (sulfide) groups is 1. The zero-order valence-electron chi connectivity index (χ0n) is 12.9. The van der Waals surface area contributed by atoms with Crippen molar-refractivity contribution in [2.75, 3.05) is 6.54 Å². The lowest BCUT2D eigenvalue weighted by molar-refractivity contribution is -0.366. The number of carbonyl (C=O) groups is 1. The minimum absolute atomic E-state index is 0.0116. The summed E-state index contributed by atoms with van der Waals surface area (Å²) >= 11 is 1.82. The largest absolute Gasteiger partial charge is 0.356 e. The number of nitrogens with zero attached hydrogens (tertiary/aromatic N) is 1. The van der Waals surface area contributed by atoms with Crippen LogP contribution < -0.4 is 0 Å². The quantitative estimate of drug-likeness (QED) is 0.638. The number of rotatable bonds is 3. The zero-order chi connectivity index (χ0) is 15.8. The van der Waals surface area contributed by atoms with Crippen LogP contribution in [0.2, 0.25) is 0 Å². The summed E-state index contributed by atoms with van der Waals surface area (Å²) in [5, 5.41) is 0.262. The van der Waals surface area contributed by atoms with Crippen LogP contribution in [0.3, 0.4) is 0 Å². The maximum Gasteiger partial charge on any atom is 0.356 e. The molecule has 4 rings (SSSR count). The molecule has 0 aromatic heterocycles. The van der Waals surface area contributed by atoms with Gasteiger partial charge in [0.05, 0.1) is 5.56 Å². The van der Waals surface area contributed by atoms with Crippen molar-refractivity contribution in [3.63, 3.8) is 0 Å². The van der Waals surface area contributed by atoms with E-state index in [4.69, 9.17) is 4.42 Å². The van der Waals surface area contributed by atoms with Gasteiger partial charge >= 0.3 is 11.5 Å². The molecule has 3 unspecified atom stereocenters. The van der Waals surface area contributed by atoms with Gasteiger partial charge in [-0.1, -0.05) is 30.3 Å². The maximum atomic E-state index is 11.5. The minimum atomic E-state index is 0.0116. The second-order valence-electron chi connectivity index (χ2n) is 5.97. The lowest BCUT2D eigenvalue weighted by Crippen LogP contribution is -2.51. The Balaban J connectivity index is 1.73. The number of hydrogen-bond donors (Lipinski definition) is 0. The van der Waals surface area contributed by atoms with Crippen molar-refractivity contribution in [2.45, 2.75) is 29.0 Å². The molecule has 3 atom stereocenters. The summed E-state index contributed by atoms with van der Waals surface area (Å²) in [5.41, 5.74) is 1.24. The van der Waals surface area contributed by atoms with Crippen molar-refractivity contribution >= 4 is 24.0 Å². The molecular weight excluding hydrogens is 306 g/mol. The van der Waals surface area contributed by atoms with E-state index in [1.54, 1.807) is 0 Å². The molecule has 0 spiro atoms. The van der Waals surface area contributed by atoms with Crippen LogP contribution in [0.4, 0.5) is 0 Å². The molecule has 4 heteroatoms. The molecule has 3 nitrogen and oxygen atoms in total. The molecule has 1 amide bonds. The van der Waals surface area contributed by atoms with E-state index in [1.165, 1.54) is 10.5 Å². The number of hydrogen-bond acceptors (Lipinski definition) is 2. The highest BCUT2D eigenvalue weighted by Crippen LogP contribution is 2.45. The topological polar surface area (TPSA) is 31.6 Å². The number of benzene rings is 2. The number of para-hydroxylation sites is 1. The number of ketones is 1. The van der Waals surface area contributed by atoms with Gasteiger partial charge in [-0.05, 0) is 25.1 Å². The molecule has 1 fully saturated rings. The third-order valence-corrected chi connectivity index (χ3v) is 5.89. The highest BCUT2D eigenvalue weighted by atomic mass is 32.2. The third kappa shape index (κ3) is 2.47. The zero-order valence-corrected chi connectivity index (χ0v) is 13.7. The molecule has 0 bridgehead atoms. The van der Waals surface area contributed by atoms with Gasteiger partial charge in [-0.3, -0.25) is 4.79 Å². The molecule has 1 saturated heterocycles. The van der Waals surface area contributed by atoms with Gasteiger partial charge in [0.2, 0.25) is 6.41 Å². The number of fused-ring (bicyclic) bond motifs is 3. The van der Waals surface area contributed by atoms with Gasteiger partial charge in [-0.15, -0.1) is 11.8 Å². The number of amides is 1. The predicted molar refractivity (Wildman–Crippen MR) is 92.0 cm³/mol. The summed E-state index contributed by atoms with van der Waals surface area (Å²) in [6, 6.07) is 18.6. The standard InChI is InChI=1S/C19H18NO2S/c1-13-19-18(15-9-5-6-10-16(15)22-19)17(11-20(13)12-21)23-14-7-3-2-4-8-14/h2-10,12-13,17-18H,11H2,1H3/q+1. The van der Waals surface area contributed by atoms with E-state index in [2.05, 4.69) is 36.4 Å².